The molecule has 2 heterocycles. The van der Waals surface area contributed by atoms with Crippen molar-refractivity contribution >= 4 is 17.4 Å². The summed E-state index contributed by atoms with van der Waals surface area (Å²) in [5.41, 5.74) is -0.524. The van der Waals surface area contributed by atoms with Gasteiger partial charge in [0, 0.05) is 19.8 Å². The lowest BCUT2D eigenvalue weighted by Crippen LogP contribution is -2.05. The minimum atomic E-state index is -4.62. The number of nitrogens with one attached hydrogen (secondary N) is 1. The van der Waals surface area contributed by atoms with Gasteiger partial charge in [-0.25, -0.2) is 14.4 Å². The van der Waals surface area contributed by atoms with Crippen LogP contribution in [0.25, 0.3) is 11.4 Å². The summed E-state index contributed by atoms with van der Waals surface area (Å²) in [5.74, 6) is -0.687. The molecule has 0 aliphatic rings. The highest BCUT2D eigenvalue weighted by Gasteiger charge is 2.34. The van der Waals surface area contributed by atoms with E-state index >= 15 is 0 Å². The van der Waals surface area contributed by atoms with E-state index in [1.165, 1.54) is 31.4 Å². The van der Waals surface area contributed by atoms with Crippen molar-refractivity contribution in [3.05, 3.63) is 58.5 Å². The van der Waals surface area contributed by atoms with Crippen molar-refractivity contribution in [1.29, 1.82) is 5.26 Å². The van der Waals surface area contributed by atoms with Gasteiger partial charge in [0.2, 0.25) is 5.28 Å². The van der Waals surface area contributed by atoms with Gasteiger partial charge in [-0.2, -0.15) is 23.4 Å². The van der Waals surface area contributed by atoms with Crippen LogP contribution in [0, 0.1) is 17.1 Å². The fourth-order valence-corrected chi connectivity index (χ4v) is 2.60. The Hall–Kier alpha value is -3.19. The number of rotatable bonds is 4. The molecule has 0 bridgehead atoms. The first-order chi connectivity index (χ1) is 13.2. The highest BCUT2D eigenvalue weighted by atomic mass is 35.5. The van der Waals surface area contributed by atoms with Gasteiger partial charge in [-0.1, -0.05) is 6.07 Å². The zero-order valence-electron chi connectivity index (χ0n) is 14.2. The van der Waals surface area contributed by atoms with Crippen molar-refractivity contribution in [2.45, 2.75) is 12.7 Å². The maximum absolute atomic E-state index is 14.5. The van der Waals surface area contributed by atoms with Gasteiger partial charge in [-0.3, -0.25) is 0 Å². The third kappa shape index (κ3) is 4.04. The van der Waals surface area contributed by atoms with E-state index in [2.05, 4.69) is 20.3 Å². The van der Waals surface area contributed by atoms with Gasteiger partial charge in [0.05, 0.1) is 11.8 Å². The van der Waals surface area contributed by atoms with Crippen molar-refractivity contribution < 1.29 is 17.6 Å². The molecule has 3 rings (SSSR count). The maximum atomic E-state index is 14.5. The fraction of sp³-hybridized carbons (Fsp3) is 0.176. The highest BCUT2D eigenvalue weighted by molar-refractivity contribution is 6.28. The topological polar surface area (TPSA) is 79.4 Å². The number of halogens is 5. The molecular weight excluding hydrogens is 400 g/mol. The number of alkyl halides is 3. The fourth-order valence-electron chi connectivity index (χ4n) is 2.47. The number of hydrogen-bond donors (Lipinski definition) is 1. The van der Waals surface area contributed by atoms with Crippen LogP contribution < -0.4 is 5.32 Å². The van der Waals surface area contributed by atoms with Gasteiger partial charge >= 0.3 is 6.18 Å². The Bertz CT molecular complexity index is 1070. The second kappa shape index (κ2) is 7.44. The Labute approximate surface area is 161 Å². The third-order valence-corrected chi connectivity index (χ3v) is 3.96. The van der Waals surface area contributed by atoms with Crippen LogP contribution in [0.2, 0.25) is 5.28 Å². The second-order valence-electron chi connectivity index (χ2n) is 5.74. The zero-order valence-corrected chi connectivity index (χ0v) is 15.0. The summed E-state index contributed by atoms with van der Waals surface area (Å²) >= 11 is 5.70. The van der Waals surface area contributed by atoms with E-state index in [0.717, 1.165) is 10.8 Å². The van der Waals surface area contributed by atoms with Crippen LogP contribution in [0.4, 0.5) is 23.4 Å². The summed E-state index contributed by atoms with van der Waals surface area (Å²) in [6.45, 7) is 0.105. The minimum absolute atomic E-state index is 0.0571. The molecule has 0 spiro atoms. The molecule has 1 aromatic carbocycles. The van der Waals surface area contributed by atoms with Crippen LogP contribution >= 0.6 is 11.6 Å². The summed E-state index contributed by atoms with van der Waals surface area (Å²) in [7, 11) is 1.36. The molecule has 0 radical (unpaired) electrons. The summed E-state index contributed by atoms with van der Waals surface area (Å²) in [6.07, 6.45) is -2.57. The van der Waals surface area contributed by atoms with Gasteiger partial charge in [-0.15, -0.1) is 0 Å². The molecule has 3 aromatic rings. The molecule has 1 N–H and O–H groups in total. The van der Waals surface area contributed by atoms with Gasteiger partial charge < -0.3 is 9.88 Å². The molecule has 6 nitrogen and oxygen atoms in total. The SMILES string of the molecule is Cn1cc(C(F)(F)F)nc1-c1ccc(CNc2nc(Cl)ncc2C#N)cc1F. The standard InChI is InChI=1S/C17H11ClF4N6/c1-28-8-13(17(20,21)22)26-15(28)11-3-2-9(4-12(11)19)6-24-14-10(5-23)7-25-16(18)27-14/h2-4,7-8H,6H2,1H3,(H,24,25,27). The molecule has 0 saturated carbocycles. The predicted molar refractivity (Wildman–Crippen MR) is 92.7 cm³/mol. The summed E-state index contributed by atoms with van der Waals surface area (Å²) in [5, 5.41) is 11.8. The lowest BCUT2D eigenvalue weighted by Gasteiger charge is -2.09. The van der Waals surface area contributed by atoms with E-state index < -0.39 is 17.7 Å². The molecule has 144 valence electrons. The quantitative estimate of drug-likeness (QED) is 0.516. The van der Waals surface area contributed by atoms with Crippen LogP contribution in [-0.2, 0) is 19.8 Å². The average molecular weight is 411 g/mol. The van der Waals surface area contributed by atoms with E-state index in [4.69, 9.17) is 16.9 Å². The lowest BCUT2D eigenvalue weighted by atomic mass is 10.1. The van der Waals surface area contributed by atoms with Crippen LogP contribution in [-0.4, -0.2) is 19.5 Å². The molecule has 0 atom stereocenters. The average Bonchev–Trinajstić information content (AvgIpc) is 3.02. The second-order valence-corrected chi connectivity index (χ2v) is 6.08. The number of benzene rings is 1. The number of anilines is 1. The number of nitrogens with zero attached hydrogens (tertiary/aromatic N) is 5. The molecular formula is C17H11ClF4N6. The molecule has 0 fully saturated rings. The molecule has 0 aliphatic heterocycles. The van der Waals surface area contributed by atoms with E-state index in [-0.39, 0.29) is 34.6 Å². The summed E-state index contributed by atoms with van der Waals surface area (Å²) < 4.78 is 54.0. The van der Waals surface area contributed by atoms with E-state index in [1.807, 2.05) is 6.07 Å². The highest BCUT2D eigenvalue weighted by Crippen LogP contribution is 2.31. The molecule has 11 heteroatoms. The number of imidazole rings is 1. The number of aryl methyl sites for hydroxylation is 1. The third-order valence-electron chi connectivity index (χ3n) is 3.78. The van der Waals surface area contributed by atoms with Gasteiger partial charge in [0.25, 0.3) is 0 Å². The first-order valence-corrected chi connectivity index (χ1v) is 8.12. The molecule has 2 aromatic heterocycles. The van der Waals surface area contributed by atoms with Crippen molar-refractivity contribution in [3.8, 4) is 17.5 Å². The van der Waals surface area contributed by atoms with Crippen LogP contribution in [0.1, 0.15) is 16.8 Å². The molecule has 0 saturated heterocycles. The number of nitriles is 1. The Morgan fingerprint density at radius 1 is 1.29 bits per heavy atom. The van der Waals surface area contributed by atoms with Crippen molar-refractivity contribution in [2.75, 3.05) is 5.32 Å². The predicted octanol–water partition coefficient (Wildman–Crippen LogP) is 4.17. The summed E-state index contributed by atoms with van der Waals surface area (Å²) in [4.78, 5) is 11.1. The van der Waals surface area contributed by atoms with Gasteiger partial charge in [0.15, 0.2) is 5.69 Å². The largest absolute Gasteiger partial charge is 0.434 e. The van der Waals surface area contributed by atoms with Crippen LogP contribution in [0.5, 0.6) is 0 Å². The lowest BCUT2D eigenvalue weighted by molar-refractivity contribution is -0.140. The Morgan fingerprint density at radius 2 is 2.04 bits per heavy atom. The molecule has 0 unspecified atom stereocenters. The van der Waals surface area contributed by atoms with Crippen molar-refractivity contribution in [3.63, 3.8) is 0 Å². The Kier molecular flexibility index (Phi) is 5.20. The number of aromatic nitrogens is 4. The first kappa shape index (κ1) is 19.6. The minimum Gasteiger partial charge on any atom is -0.365 e. The van der Waals surface area contributed by atoms with E-state index in [1.54, 1.807) is 0 Å². The molecule has 0 aliphatic carbocycles. The smallest absolute Gasteiger partial charge is 0.365 e. The Balaban J connectivity index is 1.83. The van der Waals surface area contributed by atoms with Crippen molar-refractivity contribution in [1.82, 2.24) is 19.5 Å². The molecule has 28 heavy (non-hydrogen) atoms. The molecule has 0 amide bonds. The van der Waals surface area contributed by atoms with Gasteiger partial charge in [0.1, 0.15) is 29.1 Å². The maximum Gasteiger partial charge on any atom is 0.434 e. The van der Waals surface area contributed by atoms with Crippen molar-refractivity contribution in [2.24, 2.45) is 7.05 Å². The monoisotopic (exact) mass is 410 g/mol. The normalized spacial score (nSPS) is 11.3. The zero-order chi connectivity index (χ0) is 20.5. The number of hydrogen-bond acceptors (Lipinski definition) is 5. The summed E-state index contributed by atoms with van der Waals surface area (Å²) in [6, 6.07) is 5.93. The Morgan fingerprint density at radius 3 is 2.64 bits per heavy atom. The van der Waals surface area contributed by atoms with Crippen LogP contribution in [0.15, 0.2) is 30.6 Å². The van der Waals surface area contributed by atoms with E-state index in [9.17, 15) is 17.6 Å². The van der Waals surface area contributed by atoms with Crippen LogP contribution in [0.3, 0.4) is 0 Å². The van der Waals surface area contributed by atoms with Gasteiger partial charge in [-0.05, 0) is 29.3 Å². The first-order valence-electron chi connectivity index (χ1n) is 7.75. The van der Waals surface area contributed by atoms with E-state index in [0.29, 0.717) is 5.56 Å².